The van der Waals surface area contributed by atoms with Crippen LogP contribution < -0.4 is 10.1 Å². The first-order valence-corrected chi connectivity index (χ1v) is 8.27. The molecule has 27 heavy (non-hydrogen) atoms. The van der Waals surface area contributed by atoms with Gasteiger partial charge in [0, 0.05) is 17.0 Å². The van der Waals surface area contributed by atoms with Crippen molar-refractivity contribution in [2.75, 3.05) is 7.11 Å². The summed E-state index contributed by atoms with van der Waals surface area (Å²) in [6.45, 7) is 0. The average Bonchev–Trinajstić information content (AvgIpc) is 3.43. The molecular formula is C18H17F3N2O4. The number of pyridine rings is 1. The summed E-state index contributed by atoms with van der Waals surface area (Å²) in [5.74, 6) is -2.00. The Bertz CT molecular complexity index is 894. The highest BCUT2D eigenvalue weighted by Gasteiger charge is 2.37. The summed E-state index contributed by atoms with van der Waals surface area (Å²) < 4.78 is 43.0. The number of fused-ring (bicyclic) bond motifs is 1. The van der Waals surface area contributed by atoms with Crippen molar-refractivity contribution in [1.29, 1.82) is 0 Å². The van der Waals surface area contributed by atoms with Crippen LogP contribution in [0.5, 0.6) is 5.75 Å². The number of ether oxygens (including phenoxy) is 1. The number of aromatic nitrogens is 1. The van der Waals surface area contributed by atoms with Gasteiger partial charge in [0.15, 0.2) is 0 Å². The SMILES string of the molecule is COc1ccc2nc(C3CC3)cc(C(=O)NC(CC(F)(F)F)C(=O)O)c2c1. The molecule has 6 nitrogen and oxygen atoms in total. The molecule has 1 aliphatic carbocycles. The lowest BCUT2D eigenvalue weighted by Crippen LogP contribution is -2.43. The molecule has 1 aliphatic rings. The molecule has 0 aliphatic heterocycles. The molecular weight excluding hydrogens is 365 g/mol. The lowest BCUT2D eigenvalue weighted by atomic mass is 10.0. The number of amides is 1. The van der Waals surface area contributed by atoms with Crippen molar-refractivity contribution in [1.82, 2.24) is 10.3 Å². The topological polar surface area (TPSA) is 88.5 Å². The Hall–Kier alpha value is -2.84. The van der Waals surface area contributed by atoms with Gasteiger partial charge in [-0.05, 0) is 37.1 Å². The minimum Gasteiger partial charge on any atom is -0.497 e. The van der Waals surface area contributed by atoms with Crippen molar-refractivity contribution < 1.29 is 32.6 Å². The average molecular weight is 382 g/mol. The number of carboxylic acids is 1. The van der Waals surface area contributed by atoms with Crippen LogP contribution in [0.15, 0.2) is 24.3 Å². The Labute approximate surface area is 152 Å². The second-order valence-corrected chi connectivity index (χ2v) is 6.44. The Kier molecular flexibility index (Phi) is 4.95. The summed E-state index contributed by atoms with van der Waals surface area (Å²) >= 11 is 0. The van der Waals surface area contributed by atoms with E-state index in [2.05, 4.69) is 4.98 Å². The zero-order valence-corrected chi connectivity index (χ0v) is 14.3. The molecule has 2 aromatic rings. The molecule has 1 atom stereocenters. The third kappa shape index (κ3) is 4.47. The number of carboxylic acid groups (broad SMARTS) is 1. The van der Waals surface area contributed by atoms with Gasteiger partial charge in [0.2, 0.25) is 0 Å². The van der Waals surface area contributed by atoms with Crippen molar-refractivity contribution in [2.24, 2.45) is 0 Å². The van der Waals surface area contributed by atoms with Gasteiger partial charge in [-0.15, -0.1) is 0 Å². The van der Waals surface area contributed by atoms with Gasteiger partial charge in [-0.3, -0.25) is 9.78 Å². The predicted octanol–water partition coefficient (Wildman–Crippen LogP) is 3.26. The number of benzene rings is 1. The van der Waals surface area contributed by atoms with E-state index in [4.69, 9.17) is 9.84 Å². The molecule has 144 valence electrons. The molecule has 3 rings (SSSR count). The summed E-state index contributed by atoms with van der Waals surface area (Å²) in [6, 6.07) is 4.31. The number of carbonyl (C=O) groups excluding carboxylic acids is 1. The quantitative estimate of drug-likeness (QED) is 0.801. The van der Waals surface area contributed by atoms with Crippen LogP contribution in [0.1, 0.15) is 41.2 Å². The van der Waals surface area contributed by atoms with Gasteiger partial charge in [0.25, 0.3) is 5.91 Å². The molecule has 1 saturated carbocycles. The number of rotatable bonds is 6. The zero-order chi connectivity index (χ0) is 19.8. The molecule has 0 bridgehead atoms. The highest BCUT2D eigenvalue weighted by Crippen LogP contribution is 2.40. The van der Waals surface area contributed by atoms with Crippen LogP contribution in [-0.2, 0) is 4.79 Å². The summed E-state index contributed by atoms with van der Waals surface area (Å²) in [5, 5.41) is 11.4. The van der Waals surface area contributed by atoms with Gasteiger partial charge in [-0.1, -0.05) is 0 Å². The minimum absolute atomic E-state index is 0.0780. The van der Waals surface area contributed by atoms with E-state index in [1.54, 1.807) is 18.2 Å². The van der Waals surface area contributed by atoms with Crippen molar-refractivity contribution >= 4 is 22.8 Å². The number of halogens is 3. The largest absolute Gasteiger partial charge is 0.497 e. The Morgan fingerprint density at radius 3 is 2.59 bits per heavy atom. The number of hydrogen-bond acceptors (Lipinski definition) is 4. The van der Waals surface area contributed by atoms with Gasteiger partial charge in [0.05, 0.1) is 24.6 Å². The molecule has 0 spiro atoms. The van der Waals surface area contributed by atoms with Crippen molar-refractivity contribution in [2.45, 2.75) is 37.4 Å². The minimum atomic E-state index is -4.72. The van der Waals surface area contributed by atoms with E-state index in [9.17, 15) is 22.8 Å². The van der Waals surface area contributed by atoms with E-state index in [0.29, 0.717) is 22.3 Å². The molecule has 1 heterocycles. The number of methoxy groups -OCH3 is 1. The molecule has 0 saturated heterocycles. The van der Waals surface area contributed by atoms with E-state index in [1.807, 2.05) is 5.32 Å². The summed E-state index contributed by atoms with van der Waals surface area (Å²) in [4.78, 5) is 28.3. The lowest BCUT2D eigenvalue weighted by Gasteiger charge is -2.17. The molecule has 1 aromatic carbocycles. The van der Waals surface area contributed by atoms with Crippen molar-refractivity contribution in [3.05, 3.63) is 35.5 Å². The van der Waals surface area contributed by atoms with E-state index < -0.39 is 30.5 Å². The van der Waals surface area contributed by atoms with Gasteiger partial charge in [-0.25, -0.2) is 4.79 Å². The third-order valence-corrected chi connectivity index (χ3v) is 4.31. The fraction of sp³-hybridized carbons (Fsp3) is 0.389. The maximum absolute atomic E-state index is 12.6. The Balaban J connectivity index is 1.99. The molecule has 1 amide bonds. The highest BCUT2D eigenvalue weighted by molar-refractivity contribution is 6.07. The number of aliphatic carboxylic acids is 1. The number of nitrogens with one attached hydrogen (secondary N) is 1. The first-order chi connectivity index (χ1) is 12.7. The van der Waals surface area contributed by atoms with Crippen LogP contribution >= 0.6 is 0 Å². The maximum Gasteiger partial charge on any atom is 0.391 e. The van der Waals surface area contributed by atoms with Gasteiger partial charge < -0.3 is 15.2 Å². The first-order valence-electron chi connectivity index (χ1n) is 8.27. The monoisotopic (exact) mass is 382 g/mol. The van der Waals surface area contributed by atoms with E-state index in [1.165, 1.54) is 13.2 Å². The Morgan fingerprint density at radius 2 is 2.04 bits per heavy atom. The van der Waals surface area contributed by atoms with Crippen LogP contribution in [0.25, 0.3) is 10.9 Å². The normalized spacial score (nSPS) is 15.4. The zero-order valence-electron chi connectivity index (χ0n) is 14.3. The molecule has 1 aromatic heterocycles. The Morgan fingerprint density at radius 1 is 1.33 bits per heavy atom. The van der Waals surface area contributed by atoms with E-state index in [0.717, 1.165) is 12.8 Å². The number of hydrogen-bond donors (Lipinski definition) is 2. The van der Waals surface area contributed by atoms with Gasteiger partial charge in [-0.2, -0.15) is 13.2 Å². The van der Waals surface area contributed by atoms with Crippen LogP contribution in [0, 0.1) is 0 Å². The predicted molar refractivity (Wildman–Crippen MR) is 89.8 cm³/mol. The first kappa shape index (κ1) is 18.9. The van der Waals surface area contributed by atoms with Crippen LogP contribution in [0.2, 0.25) is 0 Å². The third-order valence-electron chi connectivity index (χ3n) is 4.31. The molecule has 2 N–H and O–H groups in total. The molecule has 1 fully saturated rings. The van der Waals surface area contributed by atoms with Crippen LogP contribution in [-0.4, -0.2) is 41.3 Å². The number of carbonyl (C=O) groups is 2. The highest BCUT2D eigenvalue weighted by atomic mass is 19.4. The van der Waals surface area contributed by atoms with E-state index >= 15 is 0 Å². The van der Waals surface area contributed by atoms with Gasteiger partial charge >= 0.3 is 12.1 Å². The fourth-order valence-corrected chi connectivity index (χ4v) is 2.80. The van der Waals surface area contributed by atoms with Gasteiger partial charge in [0.1, 0.15) is 11.8 Å². The number of nitrogens with zero attached hydrogens (tertiary/aromatic N) is 1. The van der Waals surface area contributed by atoms with Crippen molar-refractivity contribution in [3.63, 3.8) is 0 Å². The lowest BCUT2D eigenvalue weighted by molar-refractivity contribution is -0.157. The standard InChI is InChI=1S/C18H17F3N2O4/c1-27-10-4-5-13-11(6-10)12(7-14(22-13)9-2-3-9)16(24)23-15(17(25)26)8-18(19,20)21/h4-7,9,15H,2-3,8H2,1H3,(H,23,24)(H,25,26). The van der Waals surface area contributed by atoms with E-state index in [-0.39, 0.29) is 11.5 Å². The number of alkyl halides is 3. The van der Waals surface area contributed by atoms with Crippen molar-refractivity contribution in [3.8, 4) is 5.75 Å². The maximum atomic E-state index is 12.6. The van der Waals surface area contributed by atoms with Crippen LogP contribution in [0.4, 0.5) is 13.2 Å². The summed E-state index contributed by atoms with van der Waals surface area (Å²) in [7, 11) is 1.44. The van der Waals surface area contributed by atoms with Crippen LogP contribution in [0.3, 0.4) is 0 Å². The molecule has 1 unspecified atom stereocenters. The second-order valence-electron chi connectivity index (χ2n) is 6.44. The summed E-state index contributed by atoms with van der Waals surface area (Å²) in [6.07, 6.45) is -4.54. The smallest absolute Gasteiger partial charge is 0.391 e. The fourth-order valence-electron chi connectivity index (χ4n) is 2.80. The molecule has 9 heteroatoms. The summed E-state index contributed by atoms with van der Waals surface area (Å²) in [5.41, 5.74) is 1.24. The second kappa shape index (κ2) is 7.05. The molecule has 0 radical (unpaired) electrons.